The summed E-state index contributed by atoms with van der Waals surface area (Å²) in [6, 6.07) is -0.0322. The van der Waals surface area contributed by atoms with Crippen LogP contribution in [0.15, 0.2) is 4.99 Å². The van der Waals surface area contributed by atoms with Crippen molar-refractivity contribution in [3.05, 3.63) is 15.6 Å². The monoisotopic (exact) mass is 472 g/mol. The van der Waals surface area contributed by atoms with Gasteiger partial charge < -0.3 is 10.6 Å². The van der Waals surface area contributed by atoms with Crippen LogP contribution in [0, 0.1) is 13.8 Å². The van der Waals surface area contributed by atoms with Gasteiger partial charge in [0.25, 0.3) is 0 Å². The van der Waals surface area contributed by atoms with Gasteiger partial charge in [0.05, 0.1) is 22.2 Å². The lowest BCUT2D eigenvalue weighted by Crippen LogP contribution is -2.44. The summed E-state index contributed by atoms with van der Waals surface area (Å²) in [6.45, 7) is 7.45. The molecule has 0 radical (unpaired) electrons. The highest BCUT2D eigenvalue weighted by atomic mass is 127. The first kappa shape index (κ1) is 20.6. The molecule has 1 unspecified atom stereocenters. The summed E-state index contributed by atoms with van der Waals surface area (Å²) < 4.78 is 23.0. The first-order chi connectivity index (χ1) is 10.4. The molecule has 1 saturated heterocycles. The van der Waals surface area contributed by atoms with E-state index in [1.54, 1.807) is 11.3 Å². The van der Waals surface area contributed by atoms with E-state index in [2.05, 4.69) is 20.6 Å². The maximum atomic E-state index is 11.5. The first-order valence-electron chi connectivity index (χ1n) is 7.58. The number of hydrogen-bond acceptors (Lipinski definition) is 5. The molecule has 2 rings (SSSR count). The van der Waals surface area contributed by atoms with Gasteiger partial charge in [0, 0.05) is 30.4 Å². The van der Waals surface area contributed by atoms with Crippen LogP contribution >= 0.6 is 35.3 Å². The summed E-state index contributed by atoms with van der Waals surface area (Å²) in [5, 5.41) is 7.48. The number of rotatable bonds is 5. The number of halogens is 1. The Labute approximate surface area is 159 Å². The average molecular weight is 472 g/mol. The number of guanidine groups is 1. The lowest BCUT2D eigenvalue weighted by atomic mass is 10.3. The van der Waals surface area contributed by atoms with Crippen LogP contribution in [0.2, 0.25) is 0 Å². The van der Waals surface area contributed by atoms with Crippen molar-refractivity contribution in [3.63, 3.8) is 0 Å². The Hall–Kier alpha value is -0.420. The Morgan fingerprint density at radius 3 is 2.70 bits per heavy atom. The lowest BCUT2D eigenvalue weighted by Gasteiger charge is -2.15. The molecule has 2 heterocycles. The molecule has 132 valence electrons. The number of nitrogens with zero attached hydrogens (tertiary/aromatic N) is 2. The Morgan fingerprint density at radius 2 is 2.17 bits per heavy atom. The summed E-state index contributed by atoms with van der Waals surface area (Å²) in [6.07, 6.45) is 1.51. The minimum absolute atomic E-state index is 0. The normalized spacial score (nSPS) is 20.1. The molecule has 1 atom stereocenters. The zero-order valence-corrected chi connectivity index (χ0v) is 17.7. The van der Waals surface area contributed by atoms with Crippen molar-refractivity contribution in [2.75, 3.05) is 24.6 Å². The number of nitrogens with one attached hydrogen (secondary N) is 2. The highest BCUT2D eigenvalue weighted by Gasteiger charge is 2.28. The smallest absolute Gasteiger partial charge is 0.191 e. The molecule has 9 heteroatoms. The summed E-state index contributed by atoms with van der Waals surface area (Å²) in [5.41, 5.74) is 1.08. The van der Waals surface area contributed by atoms with Crippen molar-refractivity contribution >= 4 is 51.1 Å². The van der Waals surface area contributed by atoms with Gasteiger partial charge in [-0.05, 0) is 27.2 Å². The van der Waals surface area contributed by atoms with Crippen LogP contribution in [0.5, 0.6) is 0 Å². The van der Waals surface area contributed by atoms with E-state index in [1.165, 1.54) is 4.88 Å². The molecule has 6 nitrogen and oxygen atoms in total. The highest BCUT2D eigenvalue weighted by molar-refractivity contribution is 14.0. The van der Waals surface area contributed by atoms with Crippen LogP contribution in [0.3, 0.4) is 0 Å². The molecule has 1 aliphatic heterocycles. The average Bonchev–Trinajstić information content (AvgIpc) is 2.92. The van der Waals surface area contributed by atoms with Crippen LogP contribution in [-0.2, 0) is 16.3 Å². The zero-order valence-electron chi connectivity index (χ0n) is 13.8. The Morgan fingerprint density at radius 1 is 1.43 bits per heavy atom. The molecule has 0 amide bonds. The van der Waals surface area contributed by atoms with Crippen LogP contribution in [0.4, 0.5) is 0 Å². The van der Waals surface area contributed by atoms with Gasteiger partial charge in [-0.25, -0.2) is 13.4 Å². The SMILES string of the molecule is CCNC(=NCCc1sc(C)nc1C)NC1CCS(=O)(=O)C1.I. The minimum Gasteiger partial charge on any atom is -0.357 e. The molecular formula is C14H25IN4O2S2. The van der Waals surface area contributed by atoms with Crippen LogP contribution in [-0.4, -0.2) is 50.0 Å². The van der Waals surface area contributed by atoms with Gasteiger partial charge in [0.15, 0.2) is 15.8 Å². The zero-order chi connectivity index (χ0) is 16.2. The molecule has 0 spiro atoms. The molecule has 1 fully saturated rings. The summed E-state index contributed by atoms with van der Waals surface area (Å²) >= 11 is 1.71. The molecule has 0 bridgehead atoms. The second-order valence-corrected chi connectivity index (χ2v) is 9.01. The second-order valence-electron chi connectivity index (χ2n) is 5.50. The van der Waals surface area contributed by atoms with Gasteiger partial charge in [-0.2, -0.15) is 0 Å². The van der Waals surface area contributed by atoms with Crippen LogP contribution in [0.1, 0.15) is 28.9 Å². The molecule has 0 aromatic carbocycles. The van der Waals surface area contributed by atoms with Gasteiger partial charge in [-0.3, -0.25) is 4.99 Å². The van der Waals surface area contributed by atoms with Crippen molar-refractivity contribution in [3.8, 4) is 0 Å². The topological polar surface area (TPSA) is 83.4 Å². The number of sulfone groups is 1. The molecule has 1 aliphatic rings. The fourth-order valence-corrected chi connectivity index (χ4v) is 5.10. The number of hydrogen-bond donors (Lipinski definition) is 2. The van der Waals surface area contributed by atoms with E-state index in [0.29, 0.717) is 18.9 Å². The van der Waals surface area contributed by atoms with E-state index in [9.17, 15) is 8.42 Å². The Balaban J connectivity index is 0.00000264. The molecule has 1 aromatic rings. The van der Waals surface area contributed by atoms with E-state index in [1.807, 2.05) is 20.8 Å². The molecule has 0 saturated carbocycles. The van der Waals surface area contributed by atoms with Crippen LogP contribution < -0.4 is 10.6 Å². The van der Waals surface area contributed by atoms with Crippen molar-refractivity contribution in [1.29, 1.82) is 0 Å². The number of thiazole rings is 1. The number of aliphatic imine (C=N–C) groups is 1. The summed E-state index contributed by atoms with van der Waals surface area (Å²) in [7, 11) is -2.87. The van der Waals surface area contributed by atoms with Crippen molar-refractivity contribution < 1.29 is 8.42 Å². The molecule has 23 heavy (non-hydrogen) atoms. The summed E-state index contributed by atoms with van der Waals surface area (Å²) in [4.78, 5) is 10.2. The van der Waals surface area contributed by atoms with E-state index in [4.69, 9.17) is 0 Å². The van der Waals surface area contributed by atoms with Crippen LogP contribution in [0.25, 0.3) is 0 Å². The predicted molar refractivity (Wildman–Crippen MR) is 107 cm³/mol. The van der Waals surface area contributed by atoms with E-state index >= 15 is 0 Å². The number of aromatic nitrogens is 1. The quantitative estimate of drug-likeness (QED) is 0.387. The largest absolute Gasteiger partial charge is 0.357 e. The van der Waals surface area contributed by atoms with Gasteiger partial charge in [-0.15, -0.1) is 35.3 Å². The number of aryl methyl sites for hydroxylation is 2. The fraction of sp³-hybridized carbons (Fsp3) is 0.714. The van der Waals surface area contributed by atoms with E-state index in [-0.39, 0.29) is 41.5 Å². The van der Waals surface area contributed by atoms with Crippen molar-refractivity contribution in [2.24, 2.45) is 4.99 Å². The van der Waals surface area contributed by atoms with Gasteiger partial charge in [0.2, 0.25) is 0 Å². The lowest BCUT2D eigenvalue weighted by molar-refractivity contribution is 0.599. The van der Waals surface area contributed by atoms with E-state index in [0.717, 1.165) is 23.7 Å². The third-order valence-corrected chi connectivity index (χ3v) is 6.43. The predicted octanol–water partition coefficient (Wildman–Crippen LogP) is 1.66. The van der Waals surface area contributed by atoms with E-state index < -0.39 is 9.84 Å². The second kappa shape index (κ2) is 9.16. The third-order valence-electron chi connectivity index (χ3n) is 3.53. The van der Waals surface area contributed by atoms with Gasteiger partial charge in [-0.1, -0.05) is 0 Å². The Kier molecular flexibility index (Phi) is 8.22. The fourth-order valence-electron chi connectivity index (χ4n) is 2.50. The summed E-state index contributed by atoms with van der Waals surface area (Å²) in [5.74, 6) is 1.16. The maximum Gasteiger partial charge on any atom is 0.191 e. The van der Waals surface area contributed by atoms with Gasteiger partial charge >= 0.3 is 0 Å². The first-order valence-corrected chi connectivity index (χ1v) is 10.2. The highest BCUT2D eigenvalue weighted by Crippen LogP contribution is 2.17. The van der Waals surface area contributed by atoms with Crippen molar-refractivity contribution in [1.82, 2.24) is 15.6 Å². The molecule has 2 N–H and O–H groups in total. The molecular weight excluding hydrogens is 447 g/mol. The third kappa shape index (κ3) is 6.54. The van der Waals surface area contributed by atoms with Crippen molar-refractivity contribution in [2.45, 2.75) is 39.7 Å². The molecule has 0 aliphatic carbocycles. The molecule has 1 aromatic heterocycles. The minimum atomic E-state index is -2.87. The standard InChI is InChI=1S/C14H24N4O2S2.HI/c1-4-15-14(18-12-6-8-22(19,20)9-12)16-7-5-13-10(2)17-11(3)21-13;/h12H,4-9H2,1-3H3,(H2,15,16,18);1H. The van der Waals surface area contributed by atoms with Gasteiger partial charge in [0.1, 0.15) is 0 Å². The maximum absolute atomic E-state index is 11.5. The Bertz CT molecular complexity index is 643.